The van der Waals surface area contributed by atoms with E-state index < -0.39 is 10.0 Å². The van der Waals surface area contributed by atoms with Gasteiger partial charge in [0.15, 0.2) is 0 Å². The van der Waals surface area contributed by atoms with E-state index in [1.54, 1.807) is 30.5 Å². The van der Waals surface area contributed by atoms with Crippen LogP contribution in [0.3, 0.4) is 0 Å². The fraction of sp³-hybridized carbons (Fsp3) is 0.0938. The Kier molecular flexibility index (Phi) is 8.45. The first kappa shape index (κ1) is 27.4. The van der Waals surface area contributed by atoms with Crippen LogP contribution in [0.1, 0.15) is 22.6 Å². The van der Waals surface area contributed by atoms with Crippen molar-refractivity contribution in [1.82, 2.24) is 4.31 Å². The van der Waals surface area contributed by atoms with Gasteiger partial charge in [-0.3, -0.25) is 4.99 Å². The topological polar surface area (TPSA) is 72.1 Å². The first-order chi connectivity index (χ1) is 19.3. The largest absolute Gasteiger partial charge is 0.459 e. The number of benzene rings is 4. The molecular weight excluding hydrogens is 544 g/mol. The van der Waals surface area contributed by atoms with Crippen LogP contribution in [-0.4, -0.2) is 18.9 Å². The summed E-state index contributed by atoms with van der Waals surface area (Å²) in [4.78, 5) is 4.64. The molecule has 0 aliphatic rings. The first-order valence-electron chi connectivity index (χ1n) is 12.6. The second-order valence-electron chi connectivity index (χ2n) is 9.18. The van der Waals surface area contributed by atoms with Gasteiger partial charge in [0.25, 0.3) is 0 Å². The molecule has 0 N–H and O–H groups in total. The molecule has 8 heteroatoms. The molecule has 0 saturated heterocycles. The predicted molar refractivity (Wildman–Crippen MR) is 158 cm³/mol. The Labute approximate surface area is 239 Å². The highest BCUT2D eigenvalue weighted by atomic mass is 35.5. The van der Waals surface area contributed by atoms with E-state index in [0.29, 0.717) is 22.3 Å². The van der Waals surface area contributed by atoms with E-state index >= 15 is 0 Å². The summed E-state index contributed by atoms with van der Waals surface area (Å²) in [6.45, 7) is 2.23. The fourth-order valence-electron chi connectivity index (χ4n) is 3.96. The maximum absolute atomic E-state index is 13.6. The van der Waals surface area contributed by atoms with Gasteiger partial charge in [-0.15, -0.1) is 0 Å². The molecule has 202 valence electrons. The summed E-state index contributed by atoms with van der Waals surface area (Å²) in [6, 6.07) is 34.4. The zero-order chi connectivity index (χ0) is 28.0. The minimum absolute atomic E-state index is 0.0538. The van der Waals surface area contributed by atoms with Crippen molar-refractivity contribution in [3.63, 3.8) is 0 Å². The van der Waals surface area contributed by atoms with Crippen LogP contribution >= 0.6 is 11.6 Å². The highest BCUT2D eigenvalue weighted by molar-refractivity contribution is 7.89. The van der Waals surface area contributed by atoms with Crippen LogP contribution in [0.5, 0.6) is 11.5 Å². The number of halogens is 1. The van der Waals surface area contributed by atoms with Crippen LogP contribution in [0.15, 0.2) is 130 Å². The summed E-state index contributed by atoms with van der Waals surface area (Å²) in [5, 5.41) is 0.470. The van der Waals surface area contributed by atoms with E-state index in [1.807, 2.05) is 85.8 Å². The van der Waals surface area contributed by atoms with Gasteiger partial charge in [-0.2, -0.15) is 4.31 Å². The molecule has 0 saturated carbocycles. The molecule has 40 heavy (non-hydrogen) atoms. The van der Waals surface area contributed by atoms with Crippen molar-refractivity contribution in [3.05, 3.63) is 143 Å². The zero-order valence-electron chi connectivity index (χ0n) is 21.8. The van der Waals surface area contributed by atoms with Crippen LogP contribution in [0.4, 0.5) is 5.69 Å². The first-order valence-corrected chi connectivity index (χ1v) is 14.4. The third-order valence-corrected chi connectivity index (χ3v) is 8.16. The van der Waals surface area contributed by atoms with Crippen LogP contribution in [0.25, 0.3) is 0 Å². The quantitative estimate of drug-likeness (QED) is 0.159. The monoisotopic (exact) mass is 570 g/mol. The van der Waals surface area contributed by atoms with Crippen molar-refractivity contribution >= 4 is 33.5 Å². The number of furan rings is 1. The van der Waals surface area contributed by atoms with Crippen LogP contribution < -0.4 is 4.74 Å². The number of para-hydroxylation sites is 1. The molecule has 0 atom stereocenters. The molecule has 0 spiro atoms. The lowest BCUT2D eigenvalue weighted by atomic mass is 10.1. The maximum atomic E-state index is 13.6. The number of hydrogen-bond donors (Lipinski definition) is 0. The average molecular weight is 571 g/mol. The second kappa shape index (κ2) is 12.3. The molecule has 1 aromatic heterocycles. The highest BCUT2D eigenvalue weighted by Crippen LogP contribution is 2.25. The van der Waals surface area contributed by atoms with Crippen LogP contribution in [-0.2, 0) is 23.1 Å². The van der Waals surface area contributed by atoms with Crippen molar-refractivity contribution in [2.24, 2.45) is 4.99 Å². The fourth-order valence-corrected chi connectivity index (χ4v) is 5.48. The molecule has 0 radical (unpaired) electrons. The number of nitrogens with zero attached hydrogens (tertiary/aromatic N) is 2. The average Bonchev–Trinajstić information content (AvgIpc) is 3.41. The van der Waals surface area contributed by atoms with Gasteiger partial charge in [-0.1, -0.05) is 59.6 Å². The normalized spacial score (nSPS) is 11.8. The van der Waals surface area contributed by atoms with Gasteiger partial charge < -0.3 is 9.15 Å². The standard InChI is InChI=1S/C32H27ClN2O4S/c1-24-7-9-25(10-8-24)22-35(40(36,37)32-19-11-26(33)12-20-32)23-31-18-17-30(39-31)21-34-27-13-15-29(16-14-27)38-28-5-3-2-4-6-28/h2-21H,22-23H2,1H3. The molecule has 0 aliphatic heterocycles. The van der Waals surface area contributed by atoms with E-state index in [9.17, 15) is 8.42 Å². The van der Waals surface area contributed by atoms with E-state index in [1.165, 1.54) is 16.4 Å². The number of rotatable bonds is 10. The van der Waals surface area contributed by atoms with Crippen molar-refractivity contribution in [2.75, 3.05) is 0 Å². The molecular formula is C32H27ClN2O4S. The molecule has 5 aromatic rings. The minimum Gasteiger partial charge on any atom is -0.459 e. The van der Waals surface area contributed by atoms with Crippen molar-refractivity contribution in [2.45, 2.75) is 24.9 Å². The summed E-state index contributed by atoms with van der Waals surface area (Å²) in [5.74, 6) is 2.48. The summed E-state index contributed by atoms with van der Waals surface area (Å²) in [6.07, 6.45) is 1.61. The Balaban J connectivity index is 1.31. The molecule has 0 aliphatic carbocycles. The molecule has 0 bridgehead atoms. The van der Waals surface area contributed by atoms with Gasteiger partial charge in [0.05, 0.1) is 23.3 Å². The van der Waals surface area contributed by atoms with E-state index in [2.05, 4.69) is 4.99 Å². The van der Waals surface area contributed by atoms with E-state index in [-0.39, 0.29) is 18.0 Å². The lowest BCUT2D eigenvalue weighted by Crippen LogP contribution is -2.30. The molecule has 0 amide bonds. The number of sulfonamides is 1. The van der Waals surface area contributed by atoms with Gasteiger partial charge in [0.2, 0.25) is 10.0 Å². The van der Waals surface area contributed by atoms with E-state index in [0.717, 1.165) is 22.6 Å². The number of aryl methyl sites for hydroxylation is 1. The molecule has 6 nitrogen and oxygen atoms in total. The Morgan fingerprint density at radius 1 is 0.800 bits per heavy atom. The van der Waals surface area contributed by atoms with Crippen LogP contribution in [0, 0.1) is 6.92 Å². The van der Waals surface area contributed by atoms with Crippen molar-refractivity contribution < 1.29 is 17.6 Å². The van der Waals surface area contributed by atoms with Gasteiger partial charge in [0, 0.05) is 11.6 Å². The number of hydrogen-bond acceptors (Lipinski definition) is 5. The number of aliphatic imine (C=N–C) groups is 1. The molecule has 5 rings (SSSR count). The summed E-state index contributed by atoms with van der Waals surface area (Å²) >= 11 is 5.99. The van der Waals surface area contributed by atoms with Crippen molar-refractivity contribution in [3.8, 4) is 11.5 Å². The predicted octanol–water partition coefficient (Wildman–Crippen LogP) is 8.18. The van der Waals surface area contributed by atoms with Gasteiger partial charge in [-0.25, -0.2) is 8.42 Å². The minimum atomic E-state index is -3.83. The highest BCUT2D eigenvalue weighted by Gasteiger charge is 2.26. The van der Waals surface area contributed by atoms with Crippen molar-refractivity contribution in [1.29, 1.82) is 0 Å². The van der Waals surface area contributed by atoms with Gasteiger partial charge in [0.1, 0.15) is 23.0 Å². The van der Waals surface area contributed by atoms with Gasteiger partial charge >= 0.3 is 0 Å². The Hall–Kier alpha value is -4.17. The van der Waals surface area contributed by atoms with Gasteiger partial charge in [-0.05, 0) is 85.3 Å². The molecule has 4 aromatic carbocycles. The lowest BCUT2D eigenvalue weighted by molar-refractivity contribution is 0.357. The Bertz CT molecular complexity index is 1680. The zero-order valence-corrected chi connectivity index (χ0v) is 23.3. The second-order valence-corrected chi connectivity index (χ2v) is 11.6. The van der Waals surface area contributed by atoms with E-state index in [4.69, 9.17) is 20.8 Å². The summed E-state index contributed by atoms with van der Waals surface area (Å²) in [7, 11) is -3.83. The molecule has 0 unspecified atom stereocenters. The molecule has 0 fully saturated rings. The lowest BCUT2D eigenvalue weighted by Gasteiger charge is -2.21. The SMILES string of the molecule is Cc1ccc(CN(Cc2ccc(C=Nc3ccc(Oc4ccccc4)cc3)o2)S(=O)(=O)c2ccc(Cl)cc2)cc1. The Morgan fingerprint density at radius 2 is 1.48 bits per heavy atom. The maximum Gasteiger partial charge on any atom is 0.243 e. The smallest absolute Gasteiger partial charge is 0.243 e. The Morgan fingerprint density at radius 3 is 2.17 bits per heavy atom. The number of ether oxygens (including phenoxy) is 1. The van der Waals surface area contributed by atoms with Crippen LogP contribution in [0.2, 0.25) is 5.02 Å². The summed E-state index contributed by atoms with van der Waals surface area (Å²) < 4.78 is 40.3. The third-order valence-electron chi connectivity index (χ3n) is 6.10. The third kappa shape index (κ3) is 7.07. The summed E-state index contributed by atoms with van der Waals surface area (Å²) in [5.41, 5.74) is 2.70. The molecule has 1 heterocycles.